The van der Waals surface area contributed by atoms with Gasteiger partial charge in [0, 0.05) is 47.1 Å². The molecule has 84 heavy (non-hydrogen) atoms. The van der Waals surface area contributed by atoms with E-state index in [0.29, 0.717) is 16.7 Å². The Kier molecular flexibility index (Phi) is 24.4. The third-order valence-corrected chi connectivity index (χ3v) is 13.4. The zero-order chi connectivity index (χ0) is 61.9. The summed E-state index contributed by atoms with van der Waals surface area (Å²) in [7, 11) is 0. The van der Waals surface area contributed by atoms with Crippen molar-refractivity contribution in [2.45, 2.75) is 153 Å². The number of hydrogen-bond acceptors (Lipinski definition) is 21. The SMILES string of the molecule is CC(=O)OC[C@H]1O[C@@H](O[C@H](C)[C@H](NC(=O)[C@H](Cc2ccccc2)NC(=O)[C@@H](C)NC(=O)[C@@H](N)Cc2ccc(O)cc2)C(=O)N[C@@H](Cc2ccc(O)cc2)C(=O)N2CCC[C@H]2C(=O)N[C@@H](CO)C(N)=O)[C@H](OC(C)=O)[C@@H](OC(C)=O)[C@@H]1OC(C)=O. The van der Waals surface area contributed by atoms with Crippen LogP contribution in [0.3, 0.4) is 0 Å². The molecular formula is C56H72N8O20. The summed E-state index contributed by atoms with van der Waals surface area (Å²) in [6, 6.07) is 9.40. The maximum atomic E-state index is 15.3. The summed E-state index contributed by atoms with van der Waals surface area (Å²) in [5.74, 6) is -10.5. The van der Waals surface area contributed by atoms with Gasteiger partial charge in [-0.1, -0.05) is 54.6 Å². The number of aliphatic hydroxyl groups excluding tert-OH is 1. The maximum Gasteiger partial charge on any atom is 0.303 e. The van der Waals surface area contributed by atoms with Crippen LogP contribution in [0.1, 0.15) is 71.1 Å². The van der Waals surface area contributed by atoms with Crippen molar-refractivity contribution in [2.24, 2.45) is 11.5 Å². The van der Waals surface area contributed by atoms with Crippen molar-refractivity contribution in [3.05, 3.63) is 95.6 Å². The Bertz CT molecular complexity index is 2820. The van der Waals surface area contributed by atoms with E-state index < -0.39 is 158 Å². The summed E-state index contributed by atoms with van der Waals surface area (Å²) in [5.41, 5.74) is 13.0. The van der Waals surface area contributed by atoms with Gasteiger partial charge < -0.3 is 86.7 Å². The Labute approximate surface area is 482 Å². The first-order valence-corrected chi connectivity index (χ1v) is 26.8. The largest absolute Gasteiger partial charge is 0.508 e. The summed E-state index contributed by atoms with van der Waals surface area (Å²) in [5, 5.41) is 42.3. The molecule has 0 aliphatic carbocycles. The first-order chi connectivity index (χ1) is 39.7. The van der Waals surface area contributed by atoms with E-state index in [4.69, 9.17) is 39.9 Å². The van der Waals surface area contributed by atoms with E-state index >= 15 is 4.79 Å². The number of carbonyl (C=O) groups is 11. The van der Waals surface area contributed by atoms with Gasteiger partial charge in [-0.05, 0) is 74.1 Å². The first-order valence-electron chi connectivity index (χ1n) is 26.8. The van der Waals surface area contributed by atoms with Gasteiger partial charge in [0.15, 0.2) is 24.6 Å². The molecule has 2 aliphatic heterocycles. The van der Waals surface area contributed by atoms with Gasteiger partial charge in [0.1, 0.15) is 60.5 Å². The van der Waals surface area contributed by atoms with Crippen molar-refractivity contribution in [3.63, 3.8) is 0 Å². The second-order valence-electron chi connectivity index (χ2n) is 20.1. The number of aliphatic hydroxyl groups is 1. The fourth-order valence-corrected chi connectivity index (χ4v) is 9.27. The highest BCUT2D eigenvalue weighted by Gasteiger charge is 2.54. The molecule has 7 amide bonds. The second-order valence-corrected chi connectivity index (χ2v) is 20.1. The zero-order valence-electron chi connectivity index (χ0n) is 47.1. The Morgan fingerprint density at radius 1 is 0.619 bits per heavy atom. The highest BCUT2D eigenvalue weighted by atomic mass is 16.7. The fourth-order valence-electron chi connectivity index (χ4n) is 9.27. The third kappa shape index (κ3) is 19.4. The number of benzene rings is 3. The van der Waals surface area contributed by atoms with E-state index in [1.807, 2.05) is 0 Å². The van der Waals surface area contributed by atoms with Gasteiger partial charge in [0.2, 0.25) is 41.4 Å². The lowest BCUT2D eigenvalue weighted by Crippen LogP contribution is -2.65. The van der Waals surface area contributed by atoms with E-state index in [0.717, 1.165) is 32.6 Å². The number of nitrogens with two attached hydrogens (primary N) is 2. The lowest BCUT2D eigenvalue weighted by atomic mass is 9.97. The summed E-state index contributed by atoms with van der Waals surface area (Å²) in [6.45, 7) is 5.08. The minimum absolute atomic E-state index is 0.00514. The highest BCUT2D eigenvalue weighted by molar-refractivity contribution is 5.98. The molecule has 3 aromatic rings. The smallest absolute Gasteiger partial charge is 0.303 e. The van der Waals surface area contributed by atoms with Crippen molar-refractivity contribution < 1.29 is 96.5 Å². The molecule has 2 saturated heterocycles. The Morgan fingerprint density at radius 2 is 1.15 bits per heavy atom. The van der Waals surface area contributed by atoms with Crippen LogP contribution < -0.4 is 38.1 Å². The number of likely N-dealkylation sites (tertiary alicyclic amines) is 1. The monoisotopic (exact) mass is 1180 g/mol. The van der Waals surface area contributed by atoms with Gasteiger partial charge in [0.05, 0.1) is 18.8 Å². The molecule has 0 unspecified atom stereocenters. The molecule has 2 aliphatic rings. The second kappa shape index (κ2) is 31.1. The molecule has 28 nitrogen and oxygen atoms in total. The summed E-state index contributed by atoms with van der Waals surface area (Å²) >= 11 is 0. The molecule has 5 rings (SSSR count). The number of nitrogens with one attached hydrogen (secondary N) is 5. The molecule has 28 heteroatoms. The fraction of sp³-hybridized carbons (Fsp3) is 0.482. The summed E-state index contributed by atoms with van der Waals surface area (Å²) in [6.07, 6.45) is -10.5. The number of aromatic hydroxyl groups is 2. The van der Waals surface area contributed by atoms with Crippen LogP contribution in [0.2, 0.25) is 0 Å². The molecule has 2 heterocycles. The number of rotatable bonds is 27. The van der Waals surface area contributed by atoms with Crippen molar-refractivity contribution in [1.82, 2.24) is 31.5 Å². The molecule has 13 atom stereocenters. The van der Waals surface area contributed by atoms with E-state index in [2.05, 4.69) is 26.6 Å². The number of amides is 7. The minimum Gasteiger partial charge on any atom is -0.508 e. The predicted molar refractivity (Wildman–Crippen MR) is 291 cm³/mol. The molecule has 3 aromatic carbocycles. The van der Waals surface area contributed by atoms with Crippen LogP contribution in [-0.2, 0) is 100 Å². The standard InChI is InChI=1S/C56H72N8O20/c1-28(59-51(74)39(57)23-35-14-18-37(70)19-15-35)50(73)60-40(24-34-11-8-7-9-12-34)52(75)63-45(29(2)80-56-48(83-33(6)69)47(82-32(5)68)46(81-31(4)67)44(84-56)27-79-30(3)66)54(77)61-41(25-36-16-20-38(71)21-17-36)55(78)64-22-10-13-43(64)53(76)62-42(26-65)49(58)72/h7-9,11-12,14-21,28-29,39-48,56,65,70-71H,10,13,22-27,57H2,1-6H3,(H2,58,72)(H,59,74)(H,60,73)(H,61,77)(H,62,76)(H,63,75)/t28-,29-,39+,40+,41+,42+,43+,44-,45+,46-,47+,48-,56-/m1/s1. The van der Waals surface area contributed by atoms with E-state index in [1.165, 1.54) is 50.2 Å². The highest BCUT2D eigenvalue weighted by Crippen LogP contribution is 2.31. The predicted octanol–water partition coefficient (Wildman–Crippen LogP) is -2.15. The van der Waals surface area contributed by atoms with Gasteiger partial charge in [-0.15, -0.1) is 0 Å². The van der Waals surface area contributed by atoms with E-state index in [1.54, 1.807) is 42.5 Å². The van der Waals surface area contributed by atoms with E-state index in [-0.39, 0.29) is 50.1 Å². The number of carbonyl (C=O) groups excluding carboxylic acids is 11. The molecule has 0 radical (unpaired) electrons. The molecular weight excluding hydrogens is 1100 g/mol. The number of nitrogens with zero attached hydrogens (tertiary/aromatic N) is 1. The Hall–Kier alpha value is -8.73. The van der Waals surface area contributed by atoms with Gasteiger partial charge in [-0.2, -0.15) is 0 Å². The van der Waals surface area contributed by atoms with Crippen molar-refractivity contribution in [1.29, 1.82) is 0 Å². The number of hydrogen-bond donors (Lipinski definition) is 10. The summed E-state index contributed by atoms with van der Waals surface area (Å²) in [4.78, 5) is 149. The lowest BCUT2D eigenvalue weighted by molar-refractivity contribution is -0.316. The van der Waals surface area contributed by atoms with Crippen molar-refractivity contribution in [2.75, 3.05) is 19.8 Å². The molecule has 12 N–H and O–H groups in total. The Morgan fingerprint density at radius 3 is 1.71 bits per heavy atom. The first kappa shape index (κ1) is 66.1. The average Bonchev–Trinajstić information content (AvgIpc) is 4.08. The minimum atomic E-state index is -1.98. The topological polar surface area (TPSA) is 419 Å². The quantitative estimate of drug-likeness (QED) is 0.0287. The van der Waals surface area contributed by atoms with Crippen LogP contribution in [0.4, 0.5) is 0 Å². The average molecular weight is 1180 g/mol. The Balaban J connectivity index is 1.57. The third-order valence-electron chi connectivity index (χ3n) is 13.4. The number of primary amides is 1. The molecule has 456 valence electrons. The number of esters is 4. The molecule has 0 bridgehead atoms. The number of ether oxygens (including phenoxy) is 6. The van der Waals surface area contributed by atoms with Crippen molar-refractivity contribution >= 4 is 65.2 Å². The molecule has 0 spiro atoms. The molecule has 0 aromatic heterocycles. The van der Waals surface area contributed by atoms with Crippen LogP contribution in [-0.4, -0.2) is 184 Å². The van der Waals surface area contributed by atoms with E-state index in [9.17, 15) is 63.3 Å². The normalized spacial score (nSPS) is 20.8. The van der Waals surface area contributed by atoms with Crippen LogP contribution in [0.15, 0.2) is 78.9 Å². The molecule has 2 fully saturated rings. The van der Waals surface area contributed by atoms with Gasteiger partial charge >= 0.3 is 23.9 Å². The zero-order valence-corrected chi connectivity index (χ0v) is 47.1. The van der Waals surface area contributed by atoms with Crippen molar-refractivity contribution in [3.8, 4) is 11.5 Å². The molecule has 0 saturated carbocycles. The van der Waals surface area contributed by atoms with Gasteiger partial charge in [0.25, 0.3) is 0 Å². The van der Waals surface area contributed by atoms with Crippen LogP contribution >= 0.6 is 0 Å². The van der Waals surface area contributed by atoms with Gasteiger partial charge in [-0.25, -0.2) is 0 Å². The van der Waals surface area contributed by atoms with Crippen LogP contribution in [0.25, 0.3) is 0 Å². The maximum absolute atomic E-state index is 15.3. The number of phenolic OH excluding ortho intramolecular Hbond substituents is 2. The summed E-state index contributed by atoms with van der Waals surface area (Å²) < 4.78 is 34.4. The number of phenols is 2. The van der Waals surface area contributed by atoms with Crippen LogP contribution in [0.5, 0.6) is 11.5 Å². The van der Waals surface area contributed by atoms with Crippen LogP contribution in [0, 0.1) is 0 Å². The lowest BCUT2D eigenvalue weighted by Gasteiger charge is -2.45. The van der Waals surface area contributed by atoms with Gasteiger partial charge in [-0.3, -0.25) is 52.7 Å².